The second-order valence-electron chi connectivity index (χ2n) is 8.17. The van der Waals surface area contributed by atoms with Crippen LogP contribution in [-0.2, 0) is 25.7 Å². The molecule has 1 saturated carbocycles. The summed E-state index contributed by atoms with van der Waals surface area (Å²) in [5.74, 6) is 0.742. The van der Waals surface area contributed by atoms with Gasteiger partial charge in [-0.3, -0.25) is 14.3 Å². The zero-order chi connectivity index (χ0) is 21.3. The van der Waals surface area contributed by atoms with Gasteiger partial charge in [0.2, 0.25) is 0 Å². The molecule has 0 aliphatic heterocycles. The molecule has 0 unspecified atom stereocenters. The van der Waals surface area contributed by atoms with Crippen molar-refractivity contribution in [3.8, 4) is 0 Å². The topological polar surface area (TPSA) is 84.7 Å². The molecule has 3 aromatic rings. The number of rotatable bonds is 7. The summed E-state index contributed by atoms with van der Waals surface area (Å²) in [5.41, 5.74) is 1.21. The minimum Gasteiger partial charge on any atom is -0.324 e. The van der Waals surface area contributed by atoms with Gasteiger partial charge in [0, 0.05) is 24.2 Å². The van der Waals surface area contributed by atoms with Crippen LogP contribution < -0.4 is 16.6 Å². The first-order valence-corrected chi connectivity index (χ1v) is 11.0. The van der Waals surface area contributed by atoms with Crippen molar-refractivity contribution in [2.24, 2.45) is 7.05 Å². The Balaban J connectivity index is 1.69. The number of H-pyrrole nitrogens is 1. The summed E-state index contributed by atoms with van der Waals surface area (Å²) < 4.78 is 3.38. The van der Waals surface area contributed by atoms with Gasteiger partial charge >= 0.3 is 5.69 Å². The predicted molar refractivity (Wildman–Crippen MR) is 119 cm³/mol. The average Bonchev–Trinajstić information content (AvgIpc) is 3.33. The number of imidazole rings is 1. The predicted octanol–water partition coefficient (Wildman–Crippen LogP) is 3.44. The highest BCUT2D eigenvalue weighted by atomic mass is 35.5. The van der Waals surface area contributed by atoms with Gasteiger partial charge in [-0.1, -0.05) is 49.9 Å². The standard InChI is InChI=1S/C22H28ClN5O2/c1-3-4-13-28-19-18(20(29)26-21(28)30)27(2)17(25-19)14-24-22(11-5-6-12-22)15-7-9-16(23)10-8-15/h7-10,24H,3-6,11-14H2,1-2H3,(H,26,29,30). The van der Waals surface area contributed by atoms with Crippen molar-refractivity contribution in [3.63, 3.8) is 0 Å². The van der Waals surface area contributed by atoms with Crippen molar-refractivity contribution in [2.75, 3.05) is 0 Å². The summed E-state index contributed by atoms with van der Waals surface area (Å²) in [4.78, 5) is 32.0. The van der Waals surface area contributed by atoms with Gasteiger partial charge in [-0.2, -0.15) is 0 Å². The molecule has 160 valence electrons. The Hall–Kier alpha value is -2.38. The van der Waals surface area contributed by atoms with Gasteiger partial charge in [-0.25, -0.2) is 9.78 Å². The van der Waals surface area contributed by atoms with Crippen molar-refractivity contribution < 1.29 is 0 Å². The van der Waals surface area contributed by atoms with Gasteiger partial charge in [0.1, 0.15) is 5.82 Å². The maximum absolute atomic E-state index is 12.5. The van der Waals surface area contributed by atoms with E-state index in [2.05, 4.69) is 29.4 Å². The fourth-order valence-electron chi connectivity index (χ4n) is 4.54. The molecule has 1 aliphatic rings. The third-order valence-electron chi connectivity index (χ3n) is 6.28. The fraction of sp³-hybridized carbons (Fsp3) is 0.500. The minimum absolute atomic E-state index is 0.128. The summed E-state index contributed by atoms with van der Waals surface area (Å²) >= 11 is 6.09. The van der Waals surface area contributed by atoms with E-state index in [1.165, 1.54) is 5.56 Å². The largest absolute Gasteiger partial charge is 0.330 e. The second-order valence-corrected chi connectivity index (χ2v) is 8.61. The summed E-state index contributed by atoms with van der Waals surface area (Å²) in [5, 5.41) is 4.45. The van der Waals surface area contributed by atoms with Crippen LogP contribution in [-0.4, -0.2) is 19.1 Å². The van der Waals surface area contributed by atoms with Gasteiger partial charge in [0.15, 0.2) is 11.2 Å². The third-order valence-corrected chi connectivity index (χ3v) is 6.53. The first-order valence-electron chi connectivity index (χ1n) is 10.6. The third kappa shape index (κ3) is 3.72. The minimum atomic E-state index is -0.396. The molecule has 2 heterocycles. The number of nitrogens with zero attached hydrogens (tertiary/aromatic N) is 3. The number of benzene rings is 1. The Bertz CT molecular complexity index is 1150. The molecular weight excluding hydrogens is 402 g/mol. The summed E-state index contributed by atoms with van der Waals surface area (Å²) in [6.07, 6.45) is 6.21. The lowest BCUT2D eigenvalue weighted by atomic mass is 9.88. The van der Waals surface area contributed by atoms with Crippen LogP contribution in [0.1, 0.15) is 56.8 Å². The van der Waals surface area contributed by atoms with Crippen LogP contribution in [0.5, 0.6) is 0 Å². The maximum Gasteiger partial charge on any atom is 0.330 e. The first kappa shape index (κ1) is 20.9. The highest BCUT2D eigenvalue weighted by Crippen LogP contribution is 2.39. The molecule has 2 N–H and O–H groups in total. The second kappa shape index (κ2) is 8.40. The van der Waals surface area contributed by atoms with Gasteiger partial charge in [-0.05, 0) is 37.0 Å². The summed E-state index contributed by atoms with van der Waals surface area (Å²) in [6.45, 7) is 3.12. The molecule has 4 rings (SSSR count). The summed E-state index contributed by atoms with van der Waals surface area (Å²) in [6, 6.07) is 8.03. The van der Waals surface area contributed by atoms with Crippen LogP contribution in [0.2, 0.25) is 5.02 Å². The zero-order valence-electron chi connectivity index (χ0n) is 17.5. The van der Waals surface area contributed by atoms with Crippen LogP contribution in [0.4, 0.5) is 0 Å². The molecule has 1 fully saturated rings. The molecule has 0 amide bonds. The maximum atomic E-state index is 12.5. The number of hydrogen-bond donors (Lipinski definition) is 2. The molecule has 1 aliphatic carbocycles. The monoisotopic (exact) mass is 429 g/mol. The Labute approximate surface area is 180 Å². The number of nitrogens with one attached hydrogen (secondary N) is 2. The van der Waals surface area contributed by atoms with Crippen LogP contribution in [0, 0.1) is 0 Å². The van der Waals surface area contributed by atoms with Gasteiger partial charge in [0.25, 0.3) is 5.56 Å². The van der Waals surface area contributed by atoms with Crippen LogP contribution in [0.3, 0.4) is 0 Å². The molecule has 0 saturated heterocycles. The highest BCUT2D eigenvalue weighted by molar-refractivity contribution is 6.30. The van der Waals surface area contributed by atoms with Crippen molar-refractivity contribution in [3.05, 3.63) is 61.5 Å². The quantitative estimate of drug-likeness (QED) is 0.602. The number of hydrogen-bond acceptors (Lipinski definition) is 4. The zero-order valence-corrected chi connectivity index (χ0v) is 18.3. The van der Waals surface area contributed by atoms with Crippen LogP contribution >= 0.6 is 11.6 Å². The van der Waals surface area contributed by atoms with E-state index in [-0.39, 0.29) is 5.54 Å². The van der Waals surface area contributed by atoms with Crippen LogP contribution in [0.15, 0.2) is 33.9 Å². The number of unbranched alkanes of at least 4 members (excludes halogenated alkanes) is 1. The van der Waals surface area contributed by atoms with E-state index < -0.39 is 11.2 Å². The number of aromatic amines is 1. The van der Waals surface area contributed by atoms with Crippen molar-refractivity contribution in [1.29, 1.82) is 0 Å². The lowest BCUT2D eigenvalue weighted by Gasteiger charge is -2.31. The van der Waals surface area contributed by atoms with E-state index in [0.717, 1.165) is 49.4 Å². The normalized spacial score (nSPS) is 15.8. The Kier molecular flexibility index (Phi) is 5.84. The van der Waals surface area contributed by atoms with E-state index in [4.69, 9.17) is 16.6 Å². The van der Waals surface area contributed by atoms with Crippen molar-refractivity contribution in [2.45, 2.75) is 64.1 Å². The molecule has 2 aromatic heterocycles. The van der Waals surface area contributed by atoms with Gasteiger partial charge in [0.05, 0.1) is 6.54 Å². The molecular formula is C22H28ClN5O2. The number of aryl methyl sites for hydroxylation is 2. The molecule has 1 aromatic carbocycles. The van der Waals surface area contributed by atoms with E-state index in [1.807, 2.05) is 19.2 Å². The molecule has 0 radical (unpaired) electrons. The highest BCUT2D eigenvalue weighted by Gasteiger charge is 2.35. The smallest absolute Gasteiger partial charge is 0.324 e. The Morgan fingerprint density at radius 3 is 2.57 bits per heavy atom. The Morgan fingerprint density at radius 1 is 1.20 bits per heavy atom. The lowest BCUT2D eigenvalue weighted by molar-refractivity contribution is 0.333. The molecule has 0 bridgehead atoms. The molecule has 30 heavy (non-hydrogen) atoms. The lowest BCUT2D eigenvalue weighted by Crippen LogP contribution is -2.39. The first-order chi connectivity index (χ1) is 14.4. The molecule has 0 atom stereocenters. The number of halogens is 1. The van der Waals surface area contributed by atoms with E-state index in [9.17, 15) is 9.59 Å². The average molecular weight is 430 g/mol. The van der Waals surface area contributed by atoms with Gasteiger partial charge in [-0.15, -0.1) is 0 Å². The van der Waals surface area contributed by atoms with E-state index in [0.29, 0.717) is 24.3 Å². The van der Waals surface area contributed by atoms with E-state index >= 15 is 0 Å². The van der Waals surface area contributed by atoms with Crippen molar-refractivity contribution >= 4 is 22.8 Å². The van der Waals surface area contributed by atoms with Crippen molar-refractivity contribution in [1.82, 2.24) is 24.4 Å². The molecule has 7 nitrogen and oxygen atoms in total. The van der Waals surface area contributed by atoms with Gasteiger partial charge < -0.3 is 9.88 Å². The summed E-state index contributed by atoms with van der Waals surface area (Å²) in [7, 11) is 1.83. The fourth-order valence-corrected chi connectivity index (χ4v) is 4.66. The van der Waals surface area contributed by atoms with E-state index in [1.54, 1.807) is 9.13 Å². The number of aromatic nitrogens is 4. The molecule has 8 heteroatoms. The Morgan fingerprint density at radius 2 is 1.90 bits per heavy atom. The van der Waals surface area contributed by atoms with Crippen LogP contribution in [0.25, 0.3) is 11.2 Å². The SMILES string of the molecule is CCCCn1c(=O)[nH]c(=O)c2c1nc(CNC1(c3ccc(Cl)cc3)CCCC1)n2C. The molecule has 0 spiro atoms. The number of fused-ring (bicyclic) bond motifs is 1.